The molecule has 15 aromatic rings. The van der Waals surface area contributed by atoms with Crippen molar-refractivity contribution in [2.75, 3.05) is 194 Å². The molecule has 0 aliphatic carbocycles. The molecule has 0 saturated carbocycles. The number of hydrogen-bond acceptors (Lipinski definition) is 27. The van der Waals surface area contributed by atoms with Gasteiger partial charge in [-0.2, -0.15) is 20.2 Å². The highest BCUT2D eigenvalue weighted by atomic mass is 35.5. The summed E-state index contributed by atoms with van der Waals surface area (Å²) in [5, 5.41) is 21.5. The fourth-order valence-corrected chi connectivity index (χ4v) is 15.7. The van der Waals surface area contributed by atoms with E-state index in [2.05, 4.69) is 143 Å². The maximum atomic E-state index is 12.6. The van der Waals surface area contributed by atoms with Crippen LogP contribution >= 0.6 is 23.2 Å². The lowest BCUT2D eigenvalue weighted by Gasteiger charge is -2.20. The first kappa shape index (κ1) is 97.3. The van der Waals surface area contributed by atoms with Crippen molar-refractivity contribution in [3.8, 4) is 6.07 Å². The topological polar surface area (TPSA) is 330 Å². The second kappa shape index (κ2) is 46.5. The zero-order valence-corrected chi connectivity index (χ0v) is 72.6. The third kappa shape index (κ3) is 23.7. The van der Waals surface area contributed by atoms with Crippen molar-refractivity contribution >= 4 is 153 Å². The van der Waals surface area contributed by atoms with Crippen LogP contribution in [0.15, 0.2) is 140 Å². The SMILES string of the molecule is C.C.C.C.CCOC(=O)c1cc2cnc(N3CCCN(C)CC3)nc2n2c1nc1ccccc12.CCc1nc2ccccc2[nH]1.CN1CCCN(c2ncc3cc(C#N)c4nc5ccccc5n4c3n2)CC1.CN1CCCNCC1.CN1CCCNCC1.CNC(=O)c1cc2cnc(N3CCCN(C)CC3)nc2n2c1nc1ccccc12.O=Cc1cnc(Cl)nc1Cl. The molecule has 16 heterocycles. The van der Waals surface area contributed by atoms with E-state index in [1.54, 1.807) is 26.2 Å². The number of amides is 1. The number of pyridine rings is 3. The number of nitrogens with one attached hydrogen (secondary N) is 4. The van der Waals surface area contributed by atoms with Crippen LogP contribution in [-0.2, 0) is 11.2 Å². The lowest BCUT2D eigenvalue weighted by molar-refractivity contribution is 0.0527. The number of para-hydroxylation sites is 8. The summed E-state index contributed by atoms with van der Waals surface area (Å²) in [5.74, 6) is 2.67. The van der Waals surface area contributed by atoms with Crippen LogP contribution in [0.5, 0.6) is 0 Å². The number of halogens is 2. The van der Waals surface area contributed by atoms with Crippen LogP contribution < -0.4 is 30.7 Å². The number of ether oxygens (including phenoxy) is 1. The zero-order valence-electron chi connectivity index (χ0n) is 71.1. The molecule has 5 saturated heterocycles. The van der Waals surface area contributed by atoms with Gasteiger partial charge in [-0.3, -0.25) is 22.8 Å². The number of nitriles is 1. The Kier molecular flexibility index (Phi) is 35.7. The fourth-order valence-electron chi connectivity index (χ4n) is 15.4. The van der Waals surface area contributed by atoms with Crippen LogP contribution in [0, 0.1) is 11.3 Å². The van der Waals surface area contributed by atoms with Crippen LogP contribution in [0.4, 0.5) is 17.8 Å². The standard InChI is InChI=1S/C22H24N6O2.C21H23N7O.C20H19N7.C9H10N2.2C6H14N2.C5H2Cl2N2O.4CH4/c1-3-30-21(29)16-13-15-14-23-22(27-10-6-9-26(2)11-12-27)25-19(15)28-18-8-5-4-7-17(18)24-20(16)28;1-22-20(29)15-12-14-13-23-21(27-9-5-8-26(2)10-11-27)25-18(14)28-17-7-4-3-6-16(17)24-19(15)28;1-25-7-4-8-26(10-9-25)20-22-13-15-11-14(12-21)18-23-16-5-2-3-6-17(16)27(18)19(15)24-20;1-2-9-10-7-5-3-4-6-8(7)11-9;2*1-8-5-2-3-7-4-6-8;6-4-3(2-10)1-8-5(7)9-4;;;;/h4-5,7-8,13-14H,3,6,9-12H2,1-2H3;3-4,6-7,12-13H,5,8-11H2,1-2H3,(H,22,29);2-3,5-6,11,13H,4,7-10H2,1H3;3-6H,2H2,1H3,(H,10,11);2*7H,2-6H2,1H3;1-2H;4*1H4. The Morgan fingerprint density at radius 2 is 0.866 bits per heavy atom. The molecule has 5 aliphatic rings. The lowest BCUT2D eigenvalue weighted by atomic mass is 10.2. The maximum Gasteiger partial charge on any atom is 0.341 e. The summed E-state index contributed by atoms with van der Waals surface area (Å²) >= 11 is 10.8. The molecular formula is C93H122Cl2N28O4. The van der Waals surface area contributed by atoms with E-state index in [1.807, 2.05) is 135 Å². The van der Waals surface area contributed by atoms with E-state index in [-0.39, 0.29) is 57.6 Å². The van der Waals surface area contributed by atoms with Gasteiger partial charge >= 0.3 is 5.97 Å². The third-order valence-electron chi connectivity index (χ3n) is 22.2. The first-order valence-corrected chi connectivity index (χ1v) is 42.9. The molecule has 1 amide bonds. The first-order chi connectivity index (χ1) is 60.0. The summed E-state index contributed by atoms with van der Waals surface area (Å²) in [6, 6.07) is 39.4. The largest absolute Gasteiger partial charge is 0.462 e. The maximum absolute atomic E-state index is 12.6. The van der Waals surface area contributed by atoms with Crippen molar-refractivity contribution in [1.82, 2.24) is 118 Å². The van der Waals surface area contributed by atoms with Crippen molar-refractivity contribution in [1.29, 1.82) is 5.26 Å². The number of H-pyrrole nitrogens is 1. The number of aromatic nitrogens is 16. The van der Waals surface area contributed by atoms with Gasteiger partial charge in [0.25, 0.3) is 5.91 Å². The van der Waals surface area contributed by atoms with Crippen LogP contribution in [-0.4, -0.2) is 300 Å². The summed E-state index contributed by atoms with van der Waals surface area (Å²) in [7, 11) is 12.4. The molecule has 11 aromatic heterocycles. The van der Waals surface area contributed by atoms with E-state index < -0.39 is 0 Å². The molecule has 34 heteroatoms. The number of aromatic amines is 1. The van der Waals surface area contributed by atoms with Gasteiger partial charge in [0, 0.05) is 139 Å². The van der Waals surface area contributed by atoms with E-state index in [0.29, 0.717) is 52.5 Å². The van der Waals surface area contributed by atoms with Crippen LogP contribution in [0.25, 0.3) is 94.2 Å². The Morgan fingerprint density at radius 3 is 1.30 bits per heavy atom. The average Bonchev–Trinajstić information content (AvgIpc) is 1.62. The molecule has 20 rings (SSSR count). The van der Waals surface area contributed by atoms with E-state index >= 15 is 0 Å². The van der Waals surface area contributed by atoms with Crippen LogP contribution in [0.1, 0.15) is 118 Å². The number of anilines is 3. The van der Waals surface area contributed by atoms with Gasteiger partial charge in [-0.1, -0.05) is 96.8 Å². The number of carbonyl (C=O) groups excluding carboxylic acids is 3. The molecule has 0 spiro atoms. The molecule has 0 atom stereocenters. The van der Waals surface area contributed by atoms with Crippen LogP contribution in [0.3, 0.4) is 0 Å². The fraction of sp³-hybridized carbons (Fsp3) is 0.419. The van der Waals surface area contributed by atoms with Gasteiger partial charge in [0.15, 0.2) is 40.2 Å². The van der Waals surface area contributed by atoms with Crippen LogP contribution in [0.2, 0.25) is 10.4 Å². The number of nitrogens with zero attached hydrogens (tertiary/aromatic N) is 24. The van der Waals surface area contributed by atoms with Gasteiger partial charge in [0.1, 0.15) is 22.6 Å². The molecular weight excluding hydrogens is 1640 g/mol. The normalized spacial score (nSPS) is 15.6. The number of benzene rings is 4. The monoisotopic (exact) mass is 1760 g/mol. The molecule has 127 heavy (non-hydrogen) atoms. The Labute approximate surface area is 753 Å². The summed E-state index contributed by atoms with van der Waals surface area (Å²) in [4.78, 5) is 111. The minimum Gasteiger partial charge on any atom is -0.462 e. The van der Waals surface area contributed by atoms with Gasteiger partial charge in [-0.05, 0) is 198 Å². The van der Waals surface area contributed by atoms with Crippen molar-refractivity contribution < 1.29 is 19.1 Å². The lowest BCUT2D eigenvalue weighted by Crippen LogP contribution is -2.30. The highest BCUT2D eigenvalue weighted by molar-refractivity contribution is 6.33. The molecule has 4 N–H and O–H groups in total. The molecule has 5 aliphatic heterocycles. The summed E-state index contributed by atoms with van der Waals surface area (Å²) in [6.45, 7) is 25.5. The molecule has 32 nitrogen and oxygen atoms in total. The summed E-state index contributed by atoms with van der Waals surface area (Å²) in [6.07, 6.45) is 14.1. The van der Waals surface area contributed by atoms with Crippen molar-refractivity contribution in [3.05, 3.63) is 179 Å². The molecule has 0 radical (unpaired) electrons. The van der Waals surface area contributed by atoms with E-state index in [9.17, 15) is 19.6 Å². The van der Waals surface area contributed by atoms with E-state index in [0.717, 1.165) is 212 Å². The van der Waals surface area contributed by atoms with Gasteiger partial charge in [0.2, 0.25) is 23.1 Å². The molecule has 5 fully saturated rings. The van der Waals surface area contributed by atoms with Gasteiger partial charge in [-0.25, -0.2) is 49.7 Å². The second-order valence-electron chi connectivity index (χ2n) is 31.0. The average molecular weight is 1770 g/mol. The Bertz CT molecular complexity index is 6170. The summed E-state index contributed by atoms with van der Waals surface area (Å²) < 4.78 is 11.2. The highest BCUT2D eigenvalue weighted by Gasteiger charge is 2.26. The third-order valence-corrected chi connectivity index (χ3v) is 22.6. The minimum absolute atomic E-state index is 0. The Hall–Kier alpha value is -11.9. The molecule has 4 aromatic carbocycles. The van der Waals surface area contributed by atoms with Gasteiger partial charge in [0.05, 0.1) is 67.4 Å². The number of rotatable bonds is 8. The quantitative estimate of drug-likeness (QED) is 0.0475. The minimum atomic E-state index is -0.390. The zero-order chi connectivity index (χ0) is 85.9. The summed E-state index contributed by atoms with van der Waals surface area (Å²) in [5.41, 5.74) is 13.3. The van der Waals surface area contributed by atoms with Crippen molar-refractivity contribution in [2.24, 2.45) is 0 Å². The first-order valence-electron chi connectivity index (χ1n) is 42.1. The smallest absolute Gasteiger partial charge is 0.341 e. The number of carbonyl (C=O) groups is 3. The Balaban J connectivity index is 0.000000163. The number of aldehydes is 1. The Morgan fingerprint density at radius 1 is 0.457 bits per heavy atom. The van der Waals surface area contributed by atoms with E-state index in [4.69, 9.17) is 52.9 Å². The molecule has 672 valence electrons. The number of hydrogen-bond donors (Lipinski definition) is 4. The number of fused-ring (bicyclic) bond motifs is 16. The van der Waals surface area contributed by atoms with E-state index in [1.165, 1.54) is 58.3 Å². The number of esters is 1. The van der Waals surface area contributed by atoms with Crippen molar-refractivity contribution in [2.45, 2.75) is 82.1 Å². The molecule has 0 unspecified atom stereocenters. The number of imidazole rings is 4. The number of likely N-dealkylation sites (N-methyl/N-ethyl adjacent to an activating group) is 5. The predicted molar refractivity (Wildman–Crippen MR) is 514 cm³/mol. The highest BCUT2D eigenvalue weighted by Crippen LogP contribution is 2.31. The van der Waals surface area contributed by atoms with Gasteiger partial charge in [-0.15, -0.1) is 0 Å². The molecule has 0 bridgehead atoms. The predicted octanol–water partition coefficient (Wildman–Crippen LogP) is 13.2. The van der Waals surface area contributed by atoms with Gasteiger partial charge < -0.3 is 64.9 Å². The second-order valence-corrected chi connectivity index (χ2v) is 31.7. The number of aryl methyl sites for hydroxylation is 1. The van der Waals surface area contributed by atoms with Crippen molar-refractivity contribution in [3.63, 3.8) is 0 Å².